The molecule has 0 radical (unpaired) electrons. The summed E-state index contributed by atoms with van der Waals surface area (Å²) in [7, 11) is 0. The molecule has 0 N–H and O–H groups in total. The molecule has 2 aromatic carbocycles. The molecule has 0 bridgehead atoms. The van der Waals surface area contributed by atoms with Crippen LogP contribution in [0.15, 0.2) is 60.7 Å². The summed E-state index contributed by atoms with van der Waals surface area (Å²) in [4.78, 5) is 43.2. The molecular formula is C25H29N3O4. The van der Waals surface area contributed by atoms with E-state index in [9.17, 15) is 14.4 Å². The van der Waals surface area contributed by atoms with Gasteiger partial charge in [0.15, 0.2) is 0 Å². The largest absolute Gasteiger partial charge is 0.493 e. The Morgan fingerprint density at radius 3 is 2.19 bits per heavy atom. The van der Waals surface area contributed by atoms with Gasteiger partial charge in [0, 0.05) is 45.7 Å². The maximum atomic E-state index is 13.0. The Labute approximate surface area is 188 Å². The zero-order valence-corrected chi connectivity index (χ0v) is 18.2. The van der Waals surface area contributed by atoms with E-state index in [1.54, 1.807) is 14.7 Å². The number of carbonyl (C=O) groups is 3. The van der Waals surface area contributed by atoms with E-state index in [-0.39, 0.29) is 30.1 Å². The monoisotopic (exact) mass is 435 g/mol. The minimum atomic E-state index is -0.298. The normalized spacial score (nSPS) is 18.7. The van der Waals surface area contributed by atoms with Gasteiger partial charge in [0.1, 0.15) is 5.75 Å². The molecule has 2 aromatic rings. The molecule has 2 aliphatic heterocycles. The summed E-state index contributed by atoms with van der Waals surface area (Å²) in [6, 6.07) is 19.3. The van der Waals surface area contributed by atoms with E-state index in [0.717, 1.165) is 11.3 Å². The zero-order chi connectivity index (χ0) is 22.3. The standard InChI is InChI=1S/C25H29N3O4/c29-23(11-16-32-22-9-5-2-6-10-22)26-12-14-27(15-13-26)25(31)21-17-24(30)28(19-21)18-20-7-3-1-4-8-20/h1-10,21H,11-19H2. The van der Waals surface area contributed by atoms with Crippen LogP contribution in [0.1, 0.15) is 18.4 Å². The lowest BCUT2D eigenvalue weighted by Gasteiger charge is -2.36. The van der Waals surface area contributed by atoms with Crippen LogP contribution in [-0.4, -0.2) is 71.8 Å². The first-order chi connectivity index (χ1) is 15.6. The van der Waals surface area contributed by atoms with Crippen LogP contribution in [0.5, 0.6) is 5.75 Å². The highest BCUT2D eigenvalue weighted by Gasteiger charge is 2.37. The van der Waals surface area contributed by atoms with Gasteiger partial charge in [-0.2, -0.15) is 0 Å². The summed E-state index contributed by atoms with van der Waals surface area (Å²) in [6.45, 7) is 3.39. The molecule has 2 fully saturated rings. The third kappa shape index (κ3) is 5.46. The van der Waals surface area contributed by atoms with E-state index in [1.165, 1.54) is 0 Å². The first-order valence-corrected chi connectivity index (χ1v) is 11.2. The van der Waals surface area contributed by atoms with Crippen LogP contribution in [0.4, 0.5) is 0 Å². The van der Waals surface area contributed by atoms with E-state index in [1.807, 2.05) is 60.7 Å². The van der Waals surface area contributed by atoms with Crippen LogP contribution in [0.25, 0.3) is 0 Å². The summed E-state index contributed by atoms with van der Waals surface area (Å²) in [6.07, 6.45) is 0.579. The highest BCUT2D eigenvalue weighted by atomic mass is 16.5. The predicted molar refractivity (Wildman–Crippen MR) is 120 cm³/mol. The minimum Gasteiger partial charge on any atom is -0.493 e. The average Bonchev–Trinajstić information content (AvgIpc) is 3.20. The maximum absolute atomic E-state index is 13.0. The fourth-order valence-corrected chi connectivity index (χ4v) is 4.26. The summed E-state index contributed by atoms with van der Waals surface area (Å²) in [5.41, 5.74) is 1.07. The van der Waals surface area contributed by atoms with Crippen LogP contribution >= 0.6 is 0 Å². The van der Waals surface area contributed by atoms with Crippen molar-refractivity contribution >= 4 is 17.7 Å². The van der Waals surface area contributed by atoms with Crippen molar-refractivity contribution in [1.82, 2.24) is 14.7 Å². The van der Waals surface area contributed by atoms with Crippen LogP contribution in [-0.2, 0) is 20.9 Å². The molecule has 168 valence electrons. The number of nitrogens with zero attached hydrogens (tertiary/aromatic N) is 3. The Morgan fingerprint density at radius 2 is 1.50 bits per heavy atom. The van der Waals surface area contributed by atoms with Crippen molar-refractivity contribution in [1.29, 1.82) is 0 Å². The van der Waals surface area contributed by atoms with Crippen molar-refractivity contribution in [3.8, 4) is 5.75 Å². The number of para-hydroxylation sites is 1. The van der Waals surface area contributed by atoms with Gasteiger partial charge < -0.3 is 19.4 Å². The molecule has 2 heterocycles. The second kappa shape index (κ2) is 10.3. The van der Waals surface area contributed by atoms with Crippen LogP contribution in [0, 0.1) is 5.92 Å². The molecule has 7 nitrogen and oxygen atoms in total. The van der Waals surface area contributed by atoms with Crippen molar-refractivity contribution in [2.45, 2.75) is 19.4 Å². The lowest BCUT2D eigenvalue weighted by molar-refractivity contribution is -0.142. The van der Waals surface area contributed by atoms with Gasteiger partial charge in [-0.15, -0.1) is 0 Å². The molecule has 2 saturated heterocycles. The highest BCUT2D eigenvalue weighted by molar-refractivity contribution is 5.89. The number of ether oxygens (including phenoxy) is 1. The number of likely N-dealkylation sites (tertiary alicyclic amines) is 1. The maximum Gasteiger partial charge on any atom is 0.228 e. The fourth-order valence-electron chi connectivity index (χ4n) is 4.26. The van der Waals surface area contributed by atoms with Crippen molar-refractivity contribution in [2.24, 2.45) is 5.92 Å². The average molecular weight is 436 g/mol. The molecule has 1 atom stereocenters. The second-order valence-corrected chi connectivity index (χ2v) is 8.28. The fraction of sp³-hybridized carbons (Fsp3) is 0.400. The number of hydrogen-bond acceptors (Lipinski definition) is 4. The van der Waals surface area contributed by atoms with Crippen LogP contribution < -0.4 is 4.74 Å². The molecular weight excluding hydrogens is 406 g/mol. The molecule has 7 heteroatoms. The molecule has 4 rings (SSSR count). The number of rotatable bonds is 7. The topological polar surface area (TPSA) is 70.2 Å². The van der Waals surface area contributed by atoms with Gasteiger partial charge in [-0.05, 0) is 17.7 Å². The quantitative estimate of drug-likeness (QED) is 0.669. The van der Waals surface area contributed by atoms with Crippen molar-refractivity contribution in [3.05, 3.63) is 66.2 Å². The Bertz CT molecular complexity index is 927. The molecule has 0 saturated carbocycles. The first kappa shape index (κ1) is 21.9. The summed E-state index contributed by atoms with van der Waals surface area (Å²) in [5.74, 6) is 0.543. The summed E-state index contributed by atoms with van der Waals surface area (Å²) < 4.78 is 5.61. The lowest BCUT2D eigenvalue weighted by Crippen LogP contribution is -2.52. The summed E-state index contributed by atoms with van der Waals surface area (Å²) in [5, 5.41) is 0. The first-order valence-electron chi connectivity index (χ1n) is 11.2. The number of carbonyl (C=O) groups excluding carboxylic acids is 3. The smallest absolute Gasteiger partial charge is 0.228 e. The van der Waals surface area contributed by atoms with Gasteiger partial charge >= 0.3 is 0 Å². The van der Waals surface area contributed by atoms with Gasteiger partial charge in [-0.25, -0.2) is 0 Å². The van der Waals surface area contributed by atoms with Gasteiger partial charge in [-0.1, -0.05) is 48.5 Å². The molecule has 1 unspecified atom stereocenters. The SMILES string of the molecule is O=C(CCOc1ccccc1)N1CCN(C(=O)C2CC(=O)N(Cc3ccccc3)C2)CC1. The lowest BCUT2D eigenvalue weighted by atomic mass is 10.1. The van der Waals surface area contributed by atoms with Crippen LogP contribution in [0.3, 0.4) is 0 Å². The summed E-state index contributed by atoms with van der Waals surface area (Å²) >= 11 is 0. The van der Waals surface area contributed by atoms with Crippen LogP contribution in [0.2, 0.25) is 0 Å². The molecule has 0 spiro atoms. The third-order valence-corrected chi connectivity index (χ3v) is 6.05. The van der Waals surface area contributed by atoms with E-state index in [2.05, 4.69) is 0 Å². The number of benzene rings is 2. The van der Waals surface area contributed by atoms with Gasteiger partial charge in [0.25, 0.3) is 0 Å². The van der Waals surface area contributed by atoms with E-state index < -0.39 is 0 Å². The molecule has 0 aliphatic carbocycles. The molecule has 32 heavy (non-hydrogen) atoms. The Hall–Kier alpha value is -3.35. The van der Waals surface area contributed by atoms with Crippen molar-refractivity contribution < 1.29 is 19.1 Å². The molecule has 0 aromatic heterocycles. The number of piperazine rings is 1. The van der Waals surface area contributed by atoms with E-state index in [0.29, 0.717) is 52.3 Å². The van der Waals surface area contributed by atoms with Gasteiger partial charge in [0.05, 0.1) is 18.9 Å². The van der Waals surface area contributed by atoms with Gasteiger partial charge in [0.2, 0.25) is 17.7 Å². The number of hydrogen-bond donors (Lipinski definition) is 0. The predicted octanol–water partition coefficient (Wildman–Crippen LogP) is 2.17. The second-order valence-electron chi connectivity index (χ2n) is 8.28. The Balaban J connectivity index is 1.20. The van der Waals surface area contributed by atoms with Gasteiger partial charge in [-0.3, -0.25) is 14.4 Å². The minimum absolute atomic E-state index is 0.0217. The van der Waals surface area contributed by atoms with Crippen molar-refractivity contribution in [2.75, 3.05) is 39.3 Å². The van der Waals surface area contributed by atoms with E-state index in [4.69, 9.17) is 4.74 Å². The highest BCUT2D eigenvalue weighted by Crippen LogP contribution is 2.23. The molecule has 3 amide bonds. The van der Waals surface area contributed by atoms with E-state index >= 15 is 0 Å². The Kier molecular flexibility index (Phi) is 7.04. The van der Waals surface area contributed by atoms with Crippen molar-refractivity contribution in [3.63, 3.8) is 0 Å². The Morgan fingerprint density at radius 1 is 0.875 bits per heavy atom. The zero-order valence-electron chi connectivity index (χ0n) is 18.2. The molecule has 2 aliphatic rings. The number of amides is 3. The third-order valence-electron chi connectivity index (χ3n) is 6.05.